The minimum absolute atomic E-state index is 0.457. The van der Waals surface area contributed by atoms with Gasteiger partial charge in [0.1, 0.15) is 0 Å². The molecule has 1 aromatic rings. The summed E-state index contributed by atoms with van der Waals surface area (Å²) in [6.07, 6.45) is 5.39. The van der Waals surface area contributed by atoms with E-state index in [0.717, 1.165) is 12.6 Å². The molecule has 1 aliphatic carbocycles. The summed E-state index contributed by atoms with van der Waals surface area (Å²) in [4.78, 5) is 2.56. The molecule has 110 valence electrons. The summed E-state index contributed by atoms with van der Waals surface area (Å²) in [5.74, 6) is 0. The summed E-state index contributed by atoms with van der Waals surface area (Å²) in [6, 6.07) is 7.81. The van der Waals surface area contributed by atoms with E-state index in [4.69, 9.17) is 0 Å². The number of benzene rings is 1. The molecule has 0 atom stereocenters. The maximum Gasteiger partial charge on any atom is 0.0369 e. The SMILES string of the molecule is Cc1cc(N2CCCC(C)(C)C2)ccc1CNC1CC1. The van der Waals surface area contributed by atoms with Crippen LogP contribution in [0.25, 0.3) is 0 Å². The molecule has 0 amide bonds. The van der Waals surface area contributed by atoms with Crippen molar-refractivity contribution in [2.45, 2.75) is 59.0 Å². The first-order valence-electron chi connectivity index (χ1n) is 8.11. The Kier molecular flexibility index (Phi) is 3.76. The first-order chi connectivity index (χ1) is 9.53. The standard InChI is InChI=1S/C18H28N2/c1-14-11-17(20-10-4-9-18(2,3)13-20)8-5-15(14)12-19-16-6-7-16/h5,8,11,16,19H,4,6-7,9-10,12-13H2,1-3H3. The molecule has 2 fully saturated rings. The Bertz CT molecular complexity index is 474. The molecular formula is C18H28N2. The third-order valence-electron chi connectivity index (χ3n) is 4.75. The van der Waals surface area contributed by atoms with Gasteiger partial charge in [-0.25, -0.2) is 0 Å². The Balaban J connectivity index is 1.68. The van der Waals surface area contributed by atoms with E-state index in [1.807, 2.05) is 0 Å². The molecular weight excluding hydrogens is 244 g/mol. The molecule has 1 N–H and O–H groups in total. The lowest BCUT2D eigenvalue weighted by Crippen LogP contribution is -2.40. The van der Waals surface area contributed by atoms with Crippen LogP contribution in [0.1, 0.15) is 50.7 Å². The van der Waals surface area contributed by atoms with Crippen molar-refractivity contribution in [3.8, 4) is 0 Å². The average Bonchev–Trinajstić information content (AvgIpc) is 3.20. The van der Waals surface area contributed by atoms with Crippen LogP contribution in [0, 0.1) is 12.3 Å². The van der Waals surface area contributed by atoms with Crippen LogP contribution in [0.15, 0.2) is 18.2 Å². The van der Waals surface area contributed by atoms with Gasteiger partial charge in [0.2, 0.25) is 0 Å². The van der Waals surface area contributed by atoms with Crippen molar-refractivity contribution in [2.24, 2.45) is 5.41 Å². The zero-order valence-electron chi connectivity index (χ0n) is 13.2. The van der Waals surface area contributed by atoms with Gasteiger partial charge in [0.15, 0.2) is 0 Å². The van der Waals surface area contributed by atoms with Crippen LogP contribution in [0.4, 0.5) is 5.69 Å². The molecule has 3 rings (SSSR count). The molecule has 0 bridgehead atoms. The second-order valence-electron chi connectivity index (χ2n) is 7.46. The summed E-state index contributed by atoms with van der Waals surface area (Å²) in [6.45, 7) is 10.5. The summed E-state index contributed by atoms with van der Waals surface area (Å²) >= 11 is 0. The zero-order chi connectivity index (χ0) is 14.2. The van der Waals surface area contributed by atoms with Crippen molar-refractivity contribution in [1.29, 1.82) is 0 Å². The number of rotatable bonds is 4. The highest BCUT2D eigenvalue weighted by Gasteiger charge is 2.26. The van der Waals surface area contributed by atoms with Crippen LogP contribution < -0.4 is 10.2 Å². The predicted octanol–water partition coefficient (Wildman–Crippen LogP) is 3.87. The number of hydrogen-bond donors (Lipinski definition) is 1. The van der Waals surface area contributed by atoms with Gasteiger partial charge < -0.3 is 10.2 Å². The van der Waals surface area contributed by atoms with Gasteiger partial charge in [0.05, 0.1) is 0 Å². The van der Waals surface area contributed by atoms with E-state index in [9.17, 15) is 0 Å². The van der Waals surface area contributed by atoms with Gasteiger partial charge in [0, 0.05) is 31.4 Å². The van der Waals surface area contributed by atoms with Gasteiger partial charge in [-0.1, -0.05) is 19.9 Å². The Morgan fingerprint density at radius 3 is 2.75 bits per heavy atom. The Morgan fingerprint density at radius 2 is 2.10 bits per heavy atom. The highest BCUT2D eigenvalue weighted by atomic mass is 15.1. The van der Waals surface area contributed by atoms with Crippen LogP contribution in [-0.2, 0) is 6.54 Å². The van der Waals surface area contributed by atoms with Gasteiger partial charge in [-0.15, -0.1) is 0 Å². The highest BCUT2D eigenvalue weighted by Crippen LogP contribution is 2.32. The first-order valence-corrected chi connectivity index (χ1v) is 8.11. The lowest BCUT2D eigenvalue weighted by molar-refractivity contribution is 0.293. The average molecular weight is 272 g/mol. The van der Waals surface area contributed by atoms with E-state index in [2.05, 4.69) is 49.2 Å². The Hall–Kier alpha value is -1.02. The normalized spacial score (nSPS) is 22.1. The topological polar surface area (TPSA) is 15.3 Å². The first kappa shape index (κ1) is 13.9. The molecule has 0 radical (unpaired) electrons. The predicted molar refractivity (Wildman–Crippen MR) is 86.3 cm³/mol. The minimum Gasteiger partial charge on any atom is -0.371 e. The minimum atomic E-state index is 0.457. The fraction of sp³-hybridized carbons (Fsp3) is 0.667. The summed E-state index contributed by atoms with van der Waals surface area (Å²) in [7, 11) is 0. The number of piperidine rings is 1. The molecule has 1 saturated carbocycles. The second-order valence-corrected chi connectivity index (χ2v) is 7.46. The van der Waals surface area contributed by atoms with Crippen molar-refractivity contribution < 1.29 is 0 Å². The van der Waals surface area contributed by atoms with Gasteiger partial charge in [-0.2, -0.15) is 0 Å². The van der Waals surface area contributed by atoms with E-state index in [1.165, 1.54) is 55.6 Å². The number of hydrogen-bond acceptors (Lipinski definition) is 2. The molecule has 0 spiro atoms. The van der Waals surface area contributed by atoms with Gasteiger partial charge in [0.25, 0.3) is 0 Å². The van der Waals surface area contributed by atoms with Gasteiger partial charge in [-0.3, -0.25) is 0 Å². The van der Waals surface area contributed by atoms with Crippen molar-refractivity contribution in [3.63, 3.8) is 0 Å². The van der Waals surface area contributed by atoms with E-state index < -0.39 is 0 Å². The van der Waals surface area contributed by atoms with Crippen molar-refractivity contribution in [3.05, 3.63) is 29.3 Å². The van der Waals surface area contributed by atoms with Crippen LogP contribution in [0.5, 0.6) is 0 Å². The third-order valence-corrected chi connectivity index (χ3v) is 4.75. The molecule has 1 saturated heterocycles. The molecule has 2 aliphatic rings. The van der Waals surface area contributed by atoms with Gasteiger partial charge >= 0.3 is 0 Å². The van der Waals surface area contributed by atoms with Crippen LogP contribution >= 0.6 is 0 Å². The number of nitrogens with zero attached hydrogens (tertiary/aromatic N) is 1. The fourth-order valence-corrected chi connectivity index (χ4v) is 3.26. The largest absolute Gasteiger partial charge is 0.371 e. The summed E-state index contributed by atoms with van der Waals surface area (Å²) in [5, 5.41) is 3.61. The molecule has 1 aromatic carbocycles. The maximum atomic E-state index is 3.61. The molecule has 0 aromatic heterocycles. The van der Waals surface area contributed by atoms with Crippen molar-refractivity contribution in [1.82, 2.24) is 5.32 Å². The van der Waals surface area contributed by atoms with Crippen LogP contribution in [0.3, 0.4) is 0 Å². The molecule has 0 unspecified atom stereocenters. The summed E-state index contributed by atoms with van der Waals surface area (Å²) < 4.78 is 0. The van der Waals surface area contributed by atoms with E-state index in [1.54, 1.807) is 0 Å². The molecule has 2 heteroatoms. The van der Waals surface area contributed by atoms with E-state index in [-0.39, 0.29) is 0 Å². The van der Waals surface area contributed by atoms with Gasteiger partial charge in [-0.05, 0) is 61.3 Å². The third kappa shape index (κ3) is 3.35. The molecule has 20 heavy (non-hydrogen) atoms. The lowest BCUT2D eigenvalue weighted by atomic mass is 9.84. The van der Waals surface area contributed by atoms with Crippen LogP contribution in [-0.4, -0.2) is 19.1 Å². The lowest BCUT2D eigenvalue weighted by Gasteiger charge is -2.39. The monoisotopic (exact) mass is 272 g/mol. The fourth-order valence-electron chi connectivity index (χ4n) is 3.26. The molecule has 2 nitrogen and oxygen atoms in total. The maximum absolute atomic E-state index is 3.61. The van der Waals surface area contributed by atoms with E-state index in [0.29, 0.717) is 5.41 Å². The smallest absolute Gasteiger partial charge is 0.0369 e. The number of aryl methyl sites for hydroxylation is 1. The molecule has 1 aliphatic heterocycles. The second kappa shape index (κ2) is 5.40. The van der Waals surface area contributed by atoms with Crippen LogP contribution in [0.2, 0.25) is 0 Å². The Labute approximate surface area is 123 Å². The zero-order valence-corrected chi connectivity index (χ0v) is 13.2. The molecule has 1 heterocycles. The van der Waals surface area contributed by atoms with Crippen molar-refractivity contribution in [2.75, 3.05) is 18.0 Å². The van der Waals surface area contributed by atoms with Crippen molar-refractivity contribution >= 4 is 5.69 Å². The quantitative estimate of drug-likeness (QED) is 0.895. The Morgan fingerprint density at radius 1 is 1.30 bits per heavy atom. The van der Waals surface area contributed by atoms with E-state index >= 15 is 0 Å². The number of nitrogens with one attached hydrogen (secondary N) is 1. The highest BCUT2D eigenvalue weighted by molar-refractivity contribution is 5.51. The number of anilines is 1. The summed E-state index contributed by atoms with van der Waals surface area (Å²) in [5.41, 5.74) is 4.75.